The van der Waals surface area contributed by atoms with E-state index < -0.39 is 5.91 Å². The summed E-state index contributed by atoms with van der Waals surface area (Å²) in [5, 5.41) is 3.26. The van der Waals surface area contributed by atoms with Crippen LogP contribution >= 0.6 is 12.4 Å². The van der Waals surface area contributed by atoms with Crippen molar-refractivity contribution in [2.75, 3.05) is 13.1 Å². The largest absolute Gasteiger partial charge is 0.364 e. The van der Waals surface area contributed by atoms with E-state index in [0.717, 1.165) is 30.8 Å². The van der Waals surface area contributed by atoms with Crippen molar-refractivity contribution in [1.29, 1.82) is 0 Å². The van der Waals surface area contributed by atoms with E-state index in [9.17, 15) is 4.79 Å². The van der Waals surface area contributed by atoms with E-state index in [-0.39, 0.29) is 12.4 Å². The first kappa shape index (κ1) is 13.7. The SMILES string of the molecule is Cc1nc(C(N)=O)ccc1C1=CCNCC1.Cl. The first-order valence-electron chi connectivity index (χ1n) is 5.36. The van der Waals surface area contributed by atoms with Crippen LogP contribution in [0.2, 0.25) is 0 Å². The minimum atomic E-state index is -0.478. The van der Waals surface area contributed by atoms with Gasteiger partial charge < -0.3 is 11.1 Å². The van der Waals surface area contributed by atoms with Gasteiger partial charge in [0.15, 0.2) is 0 Å². The number of hydrogen-bond donors (Lipinski definition) is 2. The summed E-state index contributed by atoms with van der Waals surface area (Å²) in [6.07, 6.45) is 3.16. The Morgan fingerprint density at radius 1 is 1.47 bits per heavy atom. The van der Waals surface area contributed by atoms with Gasteiger partial charge in [0, 0.05) is 12.2 Å². The standard InChI is InChI=1S/C12H15N3O.ClH/c1-8-10(9-4-6-14-7-5-9)2-3-11(15-8)12(13)16;/h2-4,14H,5-7H2,1H3,(H2,13,16);1H. The monoisotopic (exact) mass is 253 g/mol. The van der Waals surface area contributed by atoms with Crippen molar-refractivity contribution in [2.45, 2.75) is 13.3 Å². The van der Waals surface area contributed by atoms with Gasteiger partial charge in [-0.05, 0) is 37.1 Å². The van der Waals surface area contributed by atoms with Crippen LogP contribution < -0.4 is 11.1 Å². The summed E-state index contributed by atoms with van der Waals surface area (Å²) < 4.78 is 0. The van der Waals surface area contributed by atoms with Gasteiger partial charge in [-0.3, -0.25) is 4.79 Å². The topological polar surface area (TPSA) is 68.0 Å². The lowest BCUT2D eigenvalue weighted by molar-refractivity contribution is 0.0995. The number of rotatable bonds is 2. The zero-order valence-electron chi connectivity index (χ0n) is 9.69. The lowest BCUT2D eigenvalue weighted by Gasteiger charge is -2.15. The summed E-state index contributed by atoms with van der Waals surface area (Å²) >= 11 is 0. The molecule has 1 aliphatic rings. The Morgan fingerprint density at radius 3 is 2.76 bits per heavy atom. The minimum absolute atomic E-state index is 0. The number of aromatic nitrogens is 1. The average Bonchev–Trinajstić information content (AvgIpc) is 2.30. The molecule has 1 aromatic rings. The number of halogens is 1. The molecule has 0 spiro atoms. The highest BCUT2D eigenvalue weighted by Gasteiger charge is 2.11. The fourth-order valence-electron chi connectivity index (χ4n) is 1.90. The van der Waals surface area contributed by atoms with Crippen LogP contribution in [0, 0.1) is 6.92 Å². The average molecular weight is 254 g/mol. The molecule has 4 nitrogen and oxygen atoms in total. The number of hydrogen-bond acceptors (Lipinski definition) is 3. The second-order valence-electron chi connectivity index (χ2n) is 3.88. The van der Waals surface area contributed by atoms with E-state index in [1.807, 2.05) is 13.0 Å². The van der Waals surface area contributed by atoms with E-state index in [1.54, 1.807) is 6.07 Å². The molecule has 0 saturated heterocycles. The number of carbonyl (C=O) groups is 1. The van der Waals surface area contributed by atoms with Gasteiger partial charge in [-0.2, -0.15) is 0 Å². The number of pyridine rings is 1. The van der Waals surface area contributed by atoms with Crippen molar-refractivity contribution in [3.05, 3.63) is 35.2 Å². The molecule has 0 atom stereocenters. The van der Waals surface area contributed by atoms with Crippen molar-refractivity contribution >= 4 is 23.9 Å². The van der Waals surface area contributed by atoms with Gasteiger partial charge >= 0.3 is 0 Å². The Kier molecular flexibility index (Phi) is 4.66. The molecule has 3 N–H and O–H groups in total. The lowest BCUT2D eigenvalue weighted by atomic mass is 9.99. The summed E-state index contributed by atoms with van der Waals surface area (Å²) in [5.74, 6) is -0.478. The maximum absolute atomic E-state index is 11.0. The van der Waals surface area contributed by atoms with Crippen molar-refractivity contribution in [1.82, 2.24) is 10.3 Å². The molecule has 0 bridgehead atoms. The molecule has 0 radical (unpaired) electrons. The maximum Gasteiger partial charge on any atom is 0.267 e. The Balaban J connectivity index is 0.00000144. The molecule has 1 aromatic heterocycles. The van der Waals surface area contributed by atoms with Crippen LogP contribution in [0.25, 0.3) is 5.57 Å². The van der Waals surface area contributed by atoms with Crippen molar-refractivity contribution in [3.8, 4) is 0 Å². The summed E-state index contributed by atoms with van der Waals surface area (Å²) in [6.45, 7) is 3.79. The van der Waals surface area contributed by atoms with Crippen LogP contribution in [0.15, 0.2) is 18.2 Å². The highest BCUT2D eigenvalue weighted by atomic mass is 35.5. The van der Waals surface area contributed by atoms with E-state index in [4.69, 9.17) is 5.73 Å². The van der Waals surface area contributed by atoms with Gasteiger partial charge in [-0.1, -0.05) is 12.1 Å². The number of primary amides is 1. The molecule has 0 saturated carbocycles. The number of carbonyl (C=O) groups excluding carboxylic acids is 1. The summed E-state index contributed by atoms with van der Waals surface area (Å²) in [6, 6.07) is 3.62. The number of nitrogens with two attached hydrogens (primary N) is 1. The van der Waals surface area contributed by atoms with Gasteiger partial charge in [-0.25, -0.2) is 4.98 Å². The Labute approximate surface area is 107 Å². The van der Waals surface area contributed by atoms with Gasteiger partial charge in [0.25, 0.3) is 5.91 Å². The fourth-order valence-corrected chi connectivity index (χ4v) is 1.90. The molecular weight excluding hydrogens is 238 g/mol. The summed E-state index contributed by atoms with van der Waals surface area (Å²) in [4.78, 5) is 15.2. The van der Waals surface area contributed by atoms with E-state index in [1.165, 1.54) is 5.57 Å². The molecule has 2 rings (SSSR count). The number of nitrogens with one attached hydrogen (secondary N) is 1. The molecular formula is C12H16ClN3O. The minimum Gasteiger partial charge on any atom is -0.364 e. The third kappa shape index (κ3) is 3.05. The number of aryl methyl sites for hydroxylation is 1. The highest BCUT2D eigenvalue weighted by Crippen LogP contribution is 2.22. The quantitative estimate of drug-likeness (QED) is 0.835. The van der Waals surface area contributed by atoms with Gasteiger partial charge in [0.1, 0.15) is 5.69 Å². The second-order valence-corrected chi connectivity index (χ2v) is 3.88. The smallest absolute Gasteiger partial charge is 0.267 e. The maximum atomic E-state index is 11.0. The van der Waals surface area contributed by atoms with Gasteiger partial charge in [0.05, 0.1) is 0 Å². The first-order chi connectivity index (χ1) is 7.68. The fraction of sp³-hybridized carbons (Fsp3) is 0.333. The predicted molar refractivity (Wildman–Crippen MR) is 70.2 cm³/mol. The Hall–Kier alpha value is -1.39. The summed E-state index contributed by atoms with van der Waals surface area (Å²) in [5.41, 5.74) is 8.79. The summed E-state index contributed by atoms with van der Waals surface area (Å²) in [7, 11) is 0. The molecule has 0 aliphatic carbocycles. The lowest BCUT2D eigenvalue weighted by Crippen LogP contribution is -2.20. The Morgan fingerprint density at radius 2 is 2.24 bits per heavy atom. The van der Waals surface area contributed by atoms with Gasteiger partial charge in [-0.15, -0.1) is 12.4 Å². The highest BCUT2D eigenvalue weighted by molar-refractivity contribution is 5.91. The second kappa shape index (κ2) is 5.80. The molecule has 5 heteroatoms. The molecule has 1 aliphatic heterocycles. The zero-order chi connectivity index (χ0) is 11.5. The first-order valence-corrected chi connectivity index (χ1v) is 5.36. The van der Waals surface area contributed by atoms with Crippen molar-refractivity contribution in [2.24, 2.45) is 5.73 Å². The molecule has 2 heterocycles. The van der Waals surface area contributed by atoms with E-state index in [2.05, 4.69) is 16.4 Å². The van der Waals surface area contributed by atoms with Crippen LogP contribution in [0.5, 0.6) is 0 Å². The molecule has 1 amide bonds. The van der Waals surface area contributed by atoms with E-state index in [0.29, 0.717) is 5.69 Å². The number of nitrogens with zero attached hydrogens (tertiary/aromatic N) is 1. The van der Waals surface area contributed by atoms with Crippen LogP contribution in [0.1, 0.15) is 28.2 Å². The zero-order valence-corrected chi connectivity index (χ0v) is 10.5. The van der Waals surface area contributed by atoms with Crippen LogP contribution in [0.3, 0.4) is 0 Å². The van der Waals surface area contributed by atoms with Crippen LogP contribution in [-0.4, -0.2) is 24.0 Å². The van der Waals surface area contributed by atoms with Crippen molar-refractivity contribution in [3.63, 3.8) is 0 Å². The third-order valence-electron chi connectivity index (χ3n) is 2.75. The molecule has 0 unspecified atom stereocenters. The molecule has 17 heavy (non-hydrogen) atoms. The third-order valence-corrected chi connectivity index (χ3v) is 2.75. The Bertz CT molecular complexity index is 457. The normalized spacial score (nSPS) is 14.8. The molecule has 92 valence electrons. The van der Waals surface area contributed by atoms with Crippen LogP contribution in [-0.2, 0) is 0 Å². The molecule has 0 aromatic carbocycles. The van der Waals surface area contributed by atoms with E-state index >= 15 is 0 Å². The number of amides is 1. The van der Waals surface area contributed by atoms with Crippen molar-refractivity contribution < 1.29 is 4.79 Å². The molecule has 0 fully saturated rings. The predicted octanol–water partition coefficient (Wildman–Crippen LogP) is 1.29. The van der Waals surface area contributed by atoms with Gasteiger partial charge in [0.2, 0.25) is 0 Å². The van der Waals surface area contributed by atoms with Crippen LogP contribution in [0.4, 0.5) is 0 Å².